The zero-order chi connectivity index (χ0) is 72.7. The summed E-state index contributed by atoms with van der Waals surface area (Å²) in [6.45, 7) is 18.4. The maximum absolute atomic E-state index is 14.8. The predicted octanol–water partition coefficient (Wildman–Crippen LogP) is 6.04. The summed E-state index contributed by atoms with van der Waals surface area (Å²) < 4.78 is 17.8. The largest absolute Gasteiger partial charge is 0.445 e. The molecule has 0 spiro atoms. The second kappa shape index (κ2) is 38.4. The first kappa shape index (κ1) is 79.9. The number of ether oxygens (including phenoxy) is 3. The van der Waals surface area contributed by atoms with E-state index in [1.807, 2.05) is 32.0 Å². The van der Waals surface area contributed by atoms with E-state index >= 15 is 0 Å². The van der Waals surface area contributed by atoms with E-state index in [4.69, 9.17) is 19.9 Å². The standard InChI is InChI=1S/C72H105N11O15/c1-15-45(8)63(55(96-13)40-59(87)82-39-21-26-54(82)65(97-14)46(9)66(89)75-47(10)64(88)50-23-17-16-18-24-50)80(11)70(93)61(43(4)5)79-69(92)62(44(6)7)81(12)72(95)98-41-49-28-32-51(33-29-49)76-67(90)53(25-20-38-74-71(73)94)77-68(91)60(42(2)3)78-56(84)27-19-22-48-30-34-52(35-31-48)83-57(85)36-37-58(83)86/h16-18,23-24,28-37,42-47,53-55,60-65,88H,15,19-22,25-27,38-41H2,1-14H3,(H,75,89)(H,76,90)(H,77,91)(H,78,84)(H,79,92)(H3,73,74,94)/t45-,46+,47+,53-,54-,55+,60-,61-,62-,63-,64+,65+/m0/s1. The second-order valence-corrected chi connectivity index (χ2v) is 26.7. The van der Waals surface area contributed by atoms with Crippen molar-refractivity contribution in [1.29, 1.82) is 0 Å². The fraction of sp³-hybridized carbons (Fsp3) is 0.569. The molecule has 26 nitrogen and oxygen atoms in total. The van der Waals surface area contributed by atoms with Crippen LogP contribution < -0.4 is 42.5 Å². The minimum atomic E-state index is -1.12. The zero-order valence-electron chi connectivity index (χ0n) is 59.3. The van der Waals surface area contributed by atoms with Gasteiger partial charge in [0.25, 0.3) is 11.8 Å². The van der Waals surface area contributed by atoms with Gasteiger partial charge in [-0.25, -0.2) is 14.5 Å². The van der Waals surface area contributed by atoms with Crippen LogP contribution in [-0.4, -0.2) is 181 Å². The van der Waals surface area contributed by atoms with E-state index in [0.29, 0.717) is 61.2 Å². The Morgan fingerprint density at radius 3 is 1.89 bits per heavy atom. The highest BCUT2D eigenvalue weighted by Crippen LogP contribution is 2.31. The molecule has 0 unspecified atom stereocenters. The maximum atomic E-state index is 14.8. The van der Waals surface area contributed by atoms with E-state index < -0.39 is 126 Å². The number of likely N-dealkylation sites (tertiary alicyclic amines) is 1. The van der Waals surface area contributed by atoms with Crippen molar-refractivity contribution >= 4 is 76.7 Å². The van der Waals surface area contributed by atoms with E-state index in [0.717, 1.165) is 10.5 Å². The van der Waals surface area contributed by atoms with Crippen molar-refractivity contribution in [3.8, 4) is 0 Å². The average Bonchev–Trinajstić information content (AvgIpc) is 1.40. The van der Waals surface area contributed by atoms with E-state index in [2.05, 4.69) is 31.9 Å². The first-order valence-corrected chi connectivity index (χ1v) is 34.0. The Labute approximate surface area is 576 Å². The van der Waals surface area contributed by atoms with Gasteiger partial charge in [-0.05, 0) is 110 Å². The smallest absolute Gasteiger partial charge is 0.410 e. The molecule has 1 fully saturated rings. The average molecular weight is 1360 g/mol. The molecule has 9 N–H and O–H groups in total. The molecule has 0 aromatic heterocycles. The van der Waals surface area contributed by atoms with Gasteiger partial charge in [-0.2, -0.15) is 0 Å². The number of likely N-dealkylation sites (N-methyl/N-ethyl adjacent to an activating group) is 2. The summed E-state index contributed by atoms with van der Waals surface area (Å²) in [6, 6.07) is 15.6. The molecular weight excluding hydrogens is 1260 g/mol. The lowest BCUT2D eigenvalue weighted by atomic mass is 9.89. The number of primary amides is 1. The van der Waals surface area contributed by atoms with Crippen molar-refractivity contribution < 1.29 is 72.1 Å². The van der Waals surface area contributed by atoms with Gasteiger partial charge in [0.05, 0.1) is 54.5 Å². The third-order valence-electron chi connectivity index (χ3n) is 18.4. The Morgan fingerprint density at radius 2 is 1.32 bits per heavy atom. The van der Waals surface area contributed by atoms with Gasteiger partial charge in [-0.1, -0.05) is 123 Å². The minimum Gasteiger partial charge on any atom is -0.445 e. The number of urea groups is 1. The van der Waals surface area contributed by atoms with Crippen LogP contribution in [0.5, 0.6) is 0 Å². The second-order valence-electron chi connectivity index (χ2n) is 26.7. The molecule has 1 saturated heterocycles. The van der Waals surface area contributed by atoms with Crippen molar-refractivity contribution in [1.82, 2.24) is 41.3 Å². The number of aliphatic hydroxyl groups is 1. The lowest BCUT2D eigenvalue weighted by molar-refractivity contribution is -0.148. The SMILES string of the molecule is CC[C@H](C)[C@@H]([C@@H](CC(=O)N1CCC[C@H]1[C@H](OC)[C@@H](C)C(=O)N[C@H](C)[C@@H](O)c1ccccc1)OC)N(C)C(=O)[C@@H](NC(=O)[C@H](C(C)C)N(C)C(=O)OCc1ccc(NC(=O)[C@H](CCCNC(N)=O)NC(=O)[C@@H](NC(=O)CCCc2ccc(N3C(=O)C=CC3=O)cc2)C(C)C)cc1)C(C)C. The highest BCUT2D eigenvalue weighted by molar-refractivity contribution is 6.28. The zero-order valence-corrected chi connectivity index (χ0v) is 59.3. The Balaban J connectivity index is 1.17. The fourth-order valence-electron chi connectivity index (χ4n) is 12.6. The Hall–Kier alpha value is -8.75. The van der Waals surface area contributed by atoms with Crippen molar-refractivity contribution in [3.05, 3.63) is 108 Å². The number of hydrogen-bond donors (Lipinski definition) is 8. The van der Waals surface area contributed by atoms with Gasteiger partial charge < -0.3 is 66.8 Å². The summed E-state index contributed by atoms with van der Waals surface area (Å²) in [5.41, 5.74) is 8.10. The number of hydrogen-bond acceptors (Lipinski definition) is 15. The Bertz CT molecular complexity index is 3200. The lowest BCUT2D eigenvalue weighted by Crippen LogP contribution is -2.60. The number of nitrogens with two attached hydrogens (primary N) is 1. The van der Waals surface area contributed by atoms with Crippen LogP contribution in [0, 0.1) is 29.6 Å². The Kier molecular flexibility index (Phi) is 31.3. The van der Waals surface area contributed by atoms with Crippen LogP contribution in [0.4, 0.5) is 21.0 Å². The summed E-state index contributed by atoms with van der Waals surface area (Å²) in [5, 5.41) is 27.7. The normalized spacial score (nSPS) is 17.1. The van der Waals surface area contributed by atoms with Gasteiger partial charge in [0, 0.05) is 65.7 Å². The fourth-order valence-corrected chi connectivity index (χ4v) is 12.6. The molecule has 5 rings (SSSR count). The molecule has 3 aromatic carbocycles. The molecule has 98 heavy (non-hydrogen) atoms. The van der Waals surface area contributed by atoms with Gasteiger partial charge in [-0.15, -0.1) is 0 Å². The summed E-state index contributed by atoms with van der Waals surface area (Å²) in [7, 11) is 6.08. The number of nitrogens with one attached hydrogen (secondary N) is 6. The monoisotopic (exact) mass is 1360 g/mol. The number of aryl methyl sites for hydroxylation is 1. The molecule has 3 aromatic rings. The molecule has 0 bridgehead atoms. The maximum Gasteiger partial charge on any atom is 0.410 e. The predicted molar refractivity (Wildman–Crippen MR) is 370 cm³/mol. The van der Waals surface area contributed by atoms with E-state index in [-0.39, 0.29) is 68.4 Å². The van der Waals surface area contributed by atoms with Gasteiger partial charge in [-0.3, -0.25) is 48.1 Å². The van der Waals surface area contributed by atoms with E-state index in [1.54, 1.807) is 133 Å². The number of imide groups is 1. The number of amides is 12. The quantitative estimate of drug-likeness (QED) is 0.0241. The molecule has 0 saturated carbocycles. The van der Waals surface area contributed by atoms with Crippen molar-refractivity contribution in [2.45, 2.75) is 194 Å². The van der Waals surface area contributed by atoms with Gasteiger partial charge in [0.1, 0.15) is 30.8 Å². The van der Waals surface area contributed by atoms with Crippen LogP contribution in [0.25, 0.3) is 0 Å². The molecule has 12 amide bonds. The highest BCUT2D eigenvalue weighted by Gasteiger charge is 2.44. The van der Waals surface area contributed by atoms with Crippen LogP contribution in [0.2, 0.25) is 0 Å². The Morgan fingerprint density at radius 1 is 0.694 bits per heavy atom. The number of rotatable bonds is 37. The third-order valence-corrected chi connectivity index (χ3v) is 18.4. The van der Waals surface area contributed by atoms with Crippen molar-refractivity contribution in [2.75, 3.05) is 51.6 Å². The minimum absolute atomic E-state index is 0.0806. The van der Waals surface area contributed by atoms with Crippen molar-refractivity contribution in [2.24, 2.45) is 35.3 Å². The lowest BCUT2D eigenvalue weighted by Gasteiger charge is -2.41. The number of methoxy groups -OCH3 is 2. The summed E-state index contributed by atoms with van der Waals surface area (Å²) in [5.74, 6) is -6.13. The summed E-state index contributed by atoms with van der Waals surface area (Å²) in [4.78, 5) is 153. The summed E-state index contributed by atoms with van der Waals surface area (Å²) >= 11 is 0. The van der Waals surface area contributed by atoms with Crippen LogP contribution in [0.3, 0.4) is 0 Å². The van der Waals surface area contributed by atoms with Gasteiger partial charge in [0.2, 0.25) is 41.4 Å². The molecule has 538 valence electrons. The molecular formula is C72H105N11O15. The number of benzene rings is 3. The van der Waals surface area contributed by atoms with Crippen LogP contribution in [-0.2, 0) is 70.4 Å². The van der Waals surface area contributed by atoms with Gasteiger partial charge in [0.15, 0.2) is 0 Å². The highest BCUT2D eigenvalue weighted by atomic mass is 16.6. The number of carbonyl (C=O) groups is 11. The molecule has 12 atom stereocenters. The number of aliphatic hydroxyl groups excluding tert-OH is 1. The number of anilines is 2. The molecule has 2 aliphatic heterocycles. The van der Waals surface area contributed by atoms with E-state index in [1.165, 1.54) is 38.3 Å². The summed E-state index contributed by atoms with van der Waals surface area (Å²) in [6.07, 6.45) is 2.33. The third kappa shape index (κ3) is 22.4. The number of carbonyl (C=O) groups excluding carboxylic acids is 11. The van der Waals surface area contributed by atoms with Crippen LogP contribution in [0.1, 0.15) is 143 Å². The molecule has 2 heterocycles. The topological polar surface area (TPSA) is 347 Å². The van der Waals surface area contributed by atoms with Crippen LogP contribution in [0.15, 0.2) is 91.0 Å². The van der Waals surface area contributed by atoms with E-state index in [9.17, 15) is 57.8 Å². The van der Waals surface area contributed by atoms with Crippen LogP contribution >= 0.6 is 0 Å². The molecule has 2 aliphatic rings. The van der Waals surface area contributed by atoms with Gasteiger partial charge >= 0.3 is 12.1 Å². The number of nitrogens with zero attached hydrogens (tertiary/aromatic N) is 4. The first-order valence-electron chi connectivity index (χ1n) is 34.0. The van der Waals surface area contributed by atoms with Crippen molar-refractivity contribution in [3.63, 3.8) is 0 Å². The first-order chi connectivity index (χ1) is 46.4. The molecule has 26 heteroatoms. The molecule has 0 aliphatic carbocycles. The molecule has 0 radical (unpaired) electrons.